The van der Waals surface area contributed by atoms with Crippen molar-refractivity contribution in [3.8, 4) is 0 Å². The summed E-state index contributed by atoms with van der Waals surface area (Å²) in [5, 5.41) is 8.75. The van der Waals surface area contributed by atoms with E-state index in [1.54, 1.807) is 6.92 Å². The van der Waals surface area contributed by atoms with E-state index in [0.717, 1.165) is 6.42 Å². The second kappa shape index (κ2) is 3.01. The largest absolute Gasteiger partial charge is 0.478 e. The summed E-state index contributed by atoms with van der Waals surface area (Å²) >= 11 is 0. The van der Waals surface area contributed by atoms with E-state index < -0.39 is 23.5 Å². The van der Waals surface area contributed by atoms with Gasteiger partial charge in [-0.2, -0.15) is 0 Å². The molecule has 13 heavy (non-hydrogen) atoms. The van der Waals surface area contributed by atoms with Crippen molar-refractivity contribution in [3.05, 3.63) is 0 Å². The molecule has 3 atom stereocenters. The van der Waals surface area contributed by atoms with Gasteiger partial charge in [-0.15, -0.1) is 0 Å². The van der Waals surface area contributed by atoms with Gasteiger partial charge in [0.1, 0.15) is 5.41 Å². The van der Waals surface area contributed by atoms with Crippen molar-refractivity contribution in [1.82, 2.24) is 0 Å². The van der Waals surface area contributed by atoms with Crippen molar-refractivity contribution in [2.75, 3.05) is 0 Å². The van der Waals surface area contributed by atoms with Gasteiger partial charge in [0, 0.05) is 0 Å². The Morgan fingerprint density at radius 2 is 2.31 bits per heavy atom. The number of hydrogen-bond acceptors (Lipinski definition) is 3. The van der Waals surface area contributed by atoms with E-state index in [1.165, 1.54) is 0 Å². The molecule has 0 saturated carbocycles. The normalized spacial score (nSPS) is 34.7. The van der Waals surface area contributed by atoms with Gasteiger partial charge in [-0.05, 0) is 12.8 Å². The number of carboxylic acid groups (broad SMARTS) is 1. The molecule has 74 valence electrons. The molecular formula is C9H14O4. The van der Waals surface area contributed by atoms with Crippen molar-refractivity contribution in [1.29, 1.82) is 0 Å². The highest BCUT2D eigenvalue weighted by Gasteiger charge is 2.60. The first-order valence-corrected chi connectivity index (χ1v) is 4.38. The minimum atomic E-state index is -1.05. The number of carbonyl (C=O) groups excluding carboxylic acids is 1. The highest BCUT2D eigenvalue weighted by atomic mass is 16.6. The Balaban J connectivity index is 2.85. The van der Waals surface area contributed by atoms with Crippen LogP contribution in [0.3, 0.4) is 0 Å². The number of aliphatic carboxylic acids is 1. The molecule has 1 rings (SSSR count). The molecule has 1 fully saturated rings. The molecule has 4 nitrogen and oxygen atoms in total. The number of rotatable bonds is 3. The third-order valence-corrected chi connectivity index (χ3v) is 3.07. The van der Waals surface area contributed by atoms with Gasteiger partial charge in [0.2, 0.25) is 6.10 Å². The fraction of sp³-hybridized carbons (Fsp3) is 0.778. The van der Waals surface area contributed by atoms with E-state index in [2.05, 4.69) is 4.74 Å². The van der Waals surface area contributed by atoms with Crippen LogP contribution in [0.25, 0.3) is 0 Å². The van der Waals surface area contributed by atoms with Crippen molar-refractivity contribution in [2.45, 2.75) is 33.3 Å². The van der Waals surface area contributed by atoms with E-state index in [4.69, 9.17) is 5.11 Å². The fourth-order valence-electron chi connectivity index (χ4n) is 1.60. The summed E-state index contributed by atoms with van der Waals surface area (Å²) in [5.41, 5.74) is -0.833. The van der Waals surface area contributed by atoms with Crippen LogP contribution in [-0.4, -0.2) is 23.1 Å². The summed E-state index contributed by atoms with van der Waals surface area (Å²) in [6.45, 7) is 5.46. The number of esters is 1. The molecule has 0 aromatic rings. The van der Waals surface area contributed by atoms with E-state index in [1.807, 2.05) is 13.8 Å². The van der Waals surface area contributed by atoms with Crippen LogP contribution >= 0.6 is 0 Å². The maximum atomic E-state index is 11.2. The number of carboxylic acids is 1. The van der Waals surface area contributed by atoms with Crippen molar-refractivity contribution >= 4 is 11.9 Å². The molecule has 0 spiro atoms. The van der Waals surface area contributed by atoms with E-state index >= 15 is 0 Å². The van der Waals surface area contributed by atoms with Gasteiger partial charge in [0.05, 0.1) is 0 Å². The number of ether oxygens (including phenoxy) is 1. The summed E-state index contributed by atoms with van der Waals surface area (Å²) < 4.78 is 4.60. The van der Waals surface area contributed by atoms with E-state index in [0.29, 0.717) is 0 Å². The Hall–Kier alpha value is -1.06. The van der Waals surface area contributed by atoms with Crippen LogP contribution in [0.5, 0.6) is 0 Å². The number of carbonyl (C=O) groups is 2. The monoisotopic (exact) mass is 186 g/mol. The lowest BCUT2D eigenvalue weighted by molar-refractivity contribution is -0.219. The smallest absolute Gasteiger partial charge is 0.346 e. The number of hydrogen-bond donors (Lipinski definition) is 1. The van der Waals surface area contributed by atoms with Gasteiger partial charge in [-0.1, -0.05) is 20.3 Å². The van der Waals surface area contributed by atoms with Crippen LogP contribution in [0, 0.1) is 11.3 Å². The topological polar surface area (TPSA) is 63.6 Å². The van der Waals surface area contributed by atoms with Crippen molar-refractivity contribution < 1.29 is 19.4 Å². The van der Waals surface area contributed by atoms with E-state index in [9.17, 15) is 9.59 Å². The summed E-state index contributed by atoms with van der Waals surface area (Å²) in [5.74, 6) is -1.41. The van der Waals surface area contributed by atoms with Crippen LogP contribution in [0.15, 0.2) is 0 Å². The van der Waals surface area contributed by atoms with Crippen LogP contribution in [-0.2, 0) is 14.3 Å². The average Bonchev–Trinajstić information content (AvgIpc) is 2.10. The second-order valence-corrected chi connectivity index (χ2v) is 3.72. The Morgan fingerprint density at radius 1 is 1.77 bits per heavy atom. The molecule has 0 amide bonds. The second-order valence-electron chi connectivity index (χ2n) is 3.72. The molecule has 1 aliphatic heterocycles. The molecule has 1 N–H and O–H groups in total. The van der Waals surface area contributed by atoms with Crippen LogP contribution in [0.4, 0.5) is 0 Å². The number of cyclic esters (lactones) is 1. The van der Waals surface area contributed by atoms with Crippen LogP contribution < -0.4 is 0 Å². The quantitative estimate of drug-likeness (QED) is 0.669. The minimum absolute atomic E-state index is 0.0369. The summed E-state index contributed by atoms with van der Waals surface area (Å²) in [6.07, 6.45) is -0.190. The first kappa shape index (κ1) is 10.0. The highest BCUT2D eigenvalue weighted by molar-refractivity contribution is 5.93. The Morgan fingerprint density at radius 3 is 2.62 bits per heavy atom. The Labute approximate surface area is 76.9 Å². The van der Waals surface area contributed by atoms with Gasteiger partial charge < -0.3 is 9.84 Å². The van der Waals surface area contributed by atoms with Gasteiger partial charge >= 0.3 is 11.9 Å². The van der Waals surface area contributed by atoms with Crippen LogP contribution in [0.1, 0.15) is 27.2 Å². The van der Waals surface area contributed by atoms with Gasteiger partial charge in [-0.3, -0.25) is 4.79 Å². The third-order valence-electron chi connectivity index (χ3n) is 3.07. The SMILES string of the molecule is CC[C@H](C)C1(C)C(=O)O[C@@H]1C(=O)O. The molecule has 1 aliphatic rings. The first-order valence-electron chi connectivity index (χ1n) is 4.38. The summed E-state index contributed by atoms with van der Waals surface area (Å²) in [6, 6.07) is 0. The Bertz CT molecular complexity index is 248. The average molecular weight is 186 g/mol. The molecular weight excluding hydrogens is 172 g/mol. The molecule has 0 aliphatic carbocycles. The standard InChI is InChI=1S/C9H14O4/c1-4-5(2)9(3)6(7(10)11)13-8(9)12/h5-6H,4H2,1-3H3,(H,10,11)/t5-,6+,9?/m0/s1. The molecule has 0 bridgehead atoms. The van der Waals surface area contributed by atoms with Crippen molar-refractivity contribution in [2.24, 2.45) is 11.3 Å². The molecule has 0 radical (unpaired) electrons. The first-order chi connectivity index (χ1) is 5.94. The molecule has 1 unspecified atom stereocenters. The molecule has 4 heteroatoms. The summed E-state index contributed by atoms with van der Waals surface area (Å²) in [4.78, 5) is 21.9. The zero-order chi connectivity index (χ0) is 10.2. The lowest BCUT2D eigenvalue weighted by Crippen LogP contribution is -2.61. The van der Waals surface area contributed by atoms with E-state index in [-0.39, 0.29) is 5.92 Å². The predicted molar refractivity (Wildman–Crippen MR) is 45.1 cm³/mol. The lowest BCUT2D eigenvalue weighted by Gasteiger charge is -2.45. The fourth-order valence-corrected chi connectivity index (χ4v) is 1.60. The van der Waals surface area contributed by atoms with Gasteiger partial charge in [0.25, 0.3) is 0 Å². The zero-order valence-corrected chi connectivity index (χ0v) is 8.03. The van der Waals surface area contributed by atoms with Gasteiger partial charge in [-0.25, -0.2) is 4.79 Å². The lowest BCUT2D eigenvalue weighted by atomic mass is 9.69. The molecule has 0 aromatic carbocycles. The van der Waals surface area contributed by atoms with Gasteiger partial charge in [0.15, 0.2) is 0 Å². The van der Waals surface area contributed by atoms with Crippen molar-refractivity contribution in [3.63, 3.8) is 0 Å². The zero-order valence-electron chi connectivity index (χ0n) is 8.03. The maximum absolute atomic E-state index is 11.2. The molecule has 0 aromatic heterocycles. The highest BCUT2D eigenvalue weighted by Crippen LogP contribution is 2.44. The molecule has 1 heterocycles. The summed E-state index contributed by atoms with van der Waals surface area (Å²) in [7, 11) is 0. The minimum Gasteiger partial charge on any atom is -0.478 e. The predicted octanol–water partition coefficient (Wildman–Crippen LogP) is 1.05. The molecule has 1 saturated heterocycles. The third kappa shape index (κ3) is 1.20. The Kier molecular flexibility index (Phi) is 2.32. The maximum Gasteiger partial charge on any atom is 0.346 e. The van der Waals surface area contributed by atoms with Crippen LogP contribution in [0.2, 0.25) is 0 Å².